The van der Waals surface area contributed by atoms with Crippen LogP contribution in [0.2, 0.25) is 0 Å². The summed E-state index contributed by atoms with van der Waals surface area (Å²) in [4.78, 5) is 11.0. The molecule has 1 aromatic carbocycles. The summed E-state index contributed by atoms with van der Waals surface area (Å²) < 4.78 is 70.8. The summed E-state index contributed by atoms with van der Waals surface area (Å²) in [6, 6.07) is 3.29. The van der Waals surface area contributed by atoms with Crippen LogP contribution in [-0.2, 0) is 4.79 Å². The van der Waals surface area contributed by atoms with Crippen LogP contribution in [0.4, 0.5) is 22.0 Å². The number of carboxylic acids is 1. The first-order valence-corrected chi connectivity index (χ1v) is 7.69. The third-order valence-electron chi connectivity index (χ3n) is 4.10. The van der Waals surface area contributed by atoms with Gasteiger partial charge in [0.25, 0.3) is 6.43 Å². The quantitative estimate of drug-likeness (QED) is 0.747. The molecule has 0 radical (unpaired) electrons. The van der Waals surface area contributed by atoms with Gasteiger partial charge in [0.2, 0.25) is 0 Å². The van der Waals surface area contributed by atoms with E-state index in [0.717, 1.165) is 12.1 Å². The molecule has 1 fully saturated rings. The number of aliphatic carboxylic acids is 1. The monoisotopic (exact) mass is 368 g/mol. The fourth-order valence-electron chi connectivity index (χ4n) is 2.98. The Morgan fingerprint density at radius 1 is 1.20 bits per heavy atom. The molecule has 0 aliphatic heterocycles. The first-order chi connectivity index (χ1) is 11.7. The zero-order valence-electron chi connectivity index (χ0n) is 13.1. The van der Waals surface area contributed by atoms with Crippen molar-refractivity contribution in [3.8, 4) is 11.5 Å². The van der Waals surface area contributed by atoms with Crippen molar-refractivity contribution in [2.24, 2.45) is 5.92 Å². The summed E-state index contributed by atoms with van der Waals surface area (Å²) in [6.07, 6.45) is -6.04. The van der Waals surface area contributed by atoms with Gasteiger partial charge in [-0.3, -0.25) is 4.79 Å². The number of carboxylic acid groups (broad SMARTS) is 1. The molecular weight excluding hydrogens is 351 g/mol. The SMILES string of the molecule is O=C(O)C1CCC(c2cc(OC(F)(F)F)ccc2OCC(F)F)CC1. The Bertz CT molecular complexity index is 595. The van der Waals surface area contributed by atoms with Crippen molar-refractivity contribution in [3.63, 3.8) is 0 Å². The molecule has 0 atom stereocenters. The van der Waals surface area contributed by atoms with Crippen LogP contribution in [0.5, 0.6) is 11.5 Å². The molecule has 0 bridgehead atoms. The van der Waals surface area contributed by atoms with E-state index in [0.29, 0.717) is 31.2 Å². The zero-order chi connectivity index (χ0) is 18.6. The lowest BCUT2D eigenvalue weighted by molar-refractivity contribution is -0.274. The van der Waals surface area contributed by atoms with Crippen molar-refractivity contribution in [1.82, 2.24) is 0 Å². The Balaban J connectivity index is 2.21. The predicted octanol–water partition coefficient (Wildman–Crippen LogP) is 4.59. The number of hydrogen-bond donors (Lipinski definition) is 1. The molecule has 0 aromatic heterocycles. The van der Waals surface area contributed by atoms with Crippen LogP contribution in [-0.4, -0.2) is 30.5 Å². The molecule has 1 N–H and O–H groups in total. The van der Waals surface area contributed by atoms with E-state index < -0.39 is 37.0 Å². The first kappa shape index (κ1) is 19.3. The molecule has 0 spiro atoms. The third-order valence-corrected chi connectivity index (χ3v) is 4.10. The highest BCUT2D eigenvalue weighted by Gasteiger charge is 2.33. The highest BCUT2D eigenvalue weighted by Crippen LogP contribution is 2.41. The average molecular weight is 368 g/mol. The smallest absolute Gasteiger partial charge is 0.487 e. The number of ether oxygens (including phenoxy) is 2. The molecule has 1 saturated carbocycles. The number of alkyl halides is 5. The van der Waals surface area contributed by atoms with Gasteiger partial charge in [0, 0.05) is 5.56 Å². The zero-order valence-corrected chi connectivity index (χ0v) is 13.1. The topological polar surface area (TPSA) is 55.8 Å². The van der Waals surface area contributed by atoms with Gasteiger partial charge in [-0.25, -0.2) is 8.78 Å². The van der Waals surface area contributed by atoms with Crippen LogP contribution < -0.4 is 9.47 Å². The maximum atomic E-state index is 12.4. The molecule has 1 aromatic rings. The summed E-state index contributed by atoms with van der Waals surface area (Å²) >= 11 is 0. The average Bonchev–Trinajstić information content (AvgIpc) is 2.52. The van der Waals surface area contributed by atoms with E-state index >= 15 is 0 Å². The maximum absolute atomic E-state index is 12.4. The van der Waals surface area contributed by atoms with E-state index in [9.17, 15) is 26.7 Å². The standard InChI is InChI=1S/C16H17F5O4/c17-14(18)8-24-13-6-5-11(25-16(19,20)21)7-12(13)9-1-3-10(4-2-9)15(22)23/h5-7,9-10,14H,1-4,8H2,(H,22,23). The van der Waals surface area contributed by atoms with E-state index in [4.69, 9.17) is 9.84 Å². The molecule has 1 aliphatic carbocycles. The van der Waals surface area contributed by atoms with Gasteiger partial charge in [0.1, 0.15) is 18.1 Å². The highest BCUT2D eigenvalue weighted by atomic mass is 19.4. The molecule has 0 saturated heterocycles. The summed E-state index contributed by atoms with van der Waals surface area (Å²) in [5.41, 5.74) is 0.325. The maximum Gasteiger partial charge on any atom is 0.573 e. The van der Waals surface area contributed by atoms with Gasteiger partial charge < -0.3 is 14.6 Å². The second kappa shape index (κ2) is 7.88. The van der Waals surface area contributed by atoms with Crippen molar-refractivity contribution in [1.29, 1.82) is 0 Å². The van der Waals surface area contributed by atoms with Crippen molar-refractivity contribution in [3.05, 3.63) is 23.8 Å². The van der Waals surface area contributed by atoms with Crippen LogP contribution >= 0.6 is 0 Å². The fraction of sp³-hybridized carbons (Fsp3) is 0.562. The number of rotatable bonds is 6. The van der Waals surface area contributed by atoms with Gasteiger partial charge in [0.05, 0.1) is 5.92 Å². The van der Waals surface area contributed by atoms with Gasteiger partial charge in [-0.1, -0.05) is 0 Å². The second-order valence-corrected chi connectivity index (χ2v) is 5.84. The van der Waals surface area contributed by atoms with Crippen molar-refractivity contribution in [2.75, 3.05) is 6.61 Å². The fourth-order valence-corrected chi connectivity index (χ4v) is 2.98. The van der Waals surface area contributed by atoms with E-state index in [1.165, 1.54) is 6.07 Å². The summed E-state index contributed by atoms with van der Waals surface area (Å²) in [6.45, 7) is -0.878. The largest absolute Gasteiger partial charge is 0.573 e. The van der Waals surface area contributed by atoms with Crippen LogP contribution in [0.3, 0.4) is 0 Å². The Hall–Kier alpha value is -2.06. The minimum Gasteiger partial charge on any atom is -0.487 e. The number of benzene rings is 1. The highest BCUT2D eigenvalue weighted by molar-refractivity contribution is 5.70. The Morgan fingerprint density at radius 2 is 1.84 bits per heavy atom. The van der Waals surface area contributed by atoms with Crippen LogP contribution in [0.25, 0.3) is 0 Å². The van der Waals surface area contributed by atoms with Gasteiger partial charge in [-0.15, -0.1) is 13.2 Å². The van der Waals surface area contributed by atoms with E-state index in [1.807, 2.05) is 0 Å². The lowest BCUT2D eigenvalue weighted by Gasteiger charge is -2.28. The first-order valence-electron chi connectivity index (χ1n) is 7.69. The van der Waals surface area contributed by atoms with Crippen LogP contribution in [0.15, 0.2) is 18.2 Å². The number of halogens is 5. The molecule has 0 amide bonds. The van der Waals surface area contributed by atoms with Crippen LogP contribution in [0, 0.1) is 5.92 Å². The molecule has 2 rings (SSSR count). The second-order valence-electron chi connectivity index (χ2n) is 5.84. The molecule has 9 heteroatoms. The number of carbonyl (C=O) groups is 1. The number of hydrogen-bond acceptors (Lipinski definition) is 3. The minimum absolute atomic E-state index is 0.0635. The Morgan fingerprint density at radius 3 is 2.36 bits per heavy atom. The molecular formula is C16H17F5O4. The van der Waals surface area contributed by atoms with Gasteiger partial charge >= 0.3 is 12.3 Å². The van der Waals surface area contributed by atoms with E-state index in [-0.39, 0.29) is 11.7 Å². The van der Waals surface area contributed by atoms with Crippen LogP contribution in [0.1, 0.15) is 37.2 Å². The summed E-state index contributed by atoms with van der Waals surface area (Å²) in [5.74, 6) is -2.10. The molecule has 1 aliphatic rings. The lowest BCUT2D eigenvalue weighted by atomic mass is 9.78. The Labute approximate surface area is 140 Å². The third kappa shape index (κ3) is 5.75. The van der Waals surface area contributed by atoms with Gasteiger partial charge in [0.15, 0.2) is 0 Å². The summed E-state index contributed by atoms with van der Waals surface area (Å²) in [7, 11) is 0. The normalized spacial score (nSPS) is 21.2. The molecule has 140 valence electrons. The van der Waals surface area contributed by atoms with Crippen molar-refractivity contribution < 1.29 is 41.3 Å². The minimum atomic E-state index is -4.87. The van der Waals surface area contributed by atoms with Gasteiger partial charge in [-0.2, -0.15) is 0 Å². The molecule has 0 unspecified atom stereocenters. The molecule has 4 nitrogen and oxygen atoms in total. The van der Waals surface area contributed by atoms with E-state index in [2.05, 4.69) is 4.74 Å². The Kier molecular flexibility index (Phi) is 6.07. The van der Waals surface area contributed by atoms with Crippen molar-refractivity contribution >= 4 is 5.97 Å². The molecule has 25 heavy (non-hydrogen) atoms. The summed E-state index contributed by atoms with van der Waals surface area (Å²) in [5, 5.41) is 9.01. The van der Waals surface area contributed by atoms with E-state index in [1.54, 1.807) is 0 Å². The molecule has 0 heterocycles. The van der Waals surface area contributed by atoms with Crippen molar-refractivity contribution in [2.45, 2.75) is 44.4 Å². The lowest BCUT2D eigenvalue weighted by Crippen LogP contribution is -2.21. The predicted molar refractivity (Wildman–Crippen MR) is 77.0 cm³/mol. The van der Waals surface area contributed by atoms with Gasteiger partial charge in [-0.05, 0) is 49.8 Å².